The maximum Gasteiger partial charge on any atom is 0.141 e. The number of halogens is 2. The fourth-order valence-corrected chi connectivity index (χ4v) is 5.20. The van der Waals surface area contributed by atoms with Gasteiger partial charge in [-0.05, 0) is 41.1 Å². The molecule has 1 N–H and O–H groups in total. The molecule has 20 heavy (non-hydrogen) atoms. The molecule has 0 radical (unpaired) electrons. The molecule has 5 heteroatoms. The number of hydrogen-bond donors (Lipinski definition) is 1. The second-order valence-corrected chi connectivity index (χ2v) is 8.04. The molecule has 1 aromatic carbocycles. The average Bonchev–Trinajstić information content (AvgIpc) is 2.88. The third-order valence-electron chi connectivity index (χ3n) is 3.45. The lowest BCUT2D eigenvalue weighted by Crippen LogP contribution is -2.26. The van der Waals surface area contributed by atoms with E-state index in [9.17, 15) is 4.39 Å². The first-order valence-corrected chi connectivity index (χ1v) is 8.68. The predicted octanol–water partition coefficient (Wildman–Crippen LogP) is 5.26. The number of rotatable bonds is 3. The second-order valence-electron chi connectivity index (χ2n) is 5.01. The first-order valence-electron chi connectivity index (χ1n) is 6.55. The fourth-order valence-electron chi connectivity index (χ4n) is 2.43. The van der Waals surface area contributed by atoms with E-state index in [0.717, 1.165) is 12.0 Å². The van der Waals surface area contributed by atoms with Gasteiger partial charge in [-0.15, -0.1) is 23.1 Å². The van der Waals surface area contributed by atoms with Crippen LogP contribution in [0.1, 0.15) is 30.5 Å². The molecule has 1 aliphatic rings. The van der Waals surface area contributed by atoms with Gasteiger partial charge in [0.2, 0.25) is 0 Å². The lowest BCUT2D eigenvalue weighted by Gasteiger charge is -2.27. The van der Waals surface area contributed by atoms with Crippen molar-refractivity contribution in [2.24, 2.45) is 0 Å². The summed E-state index contributed by atoms with van der Waals surface area (Å²) in [5.41, 5.74) is 2.41. The van der Waals surface area contributed by atoms with Crippen LogP contribution in [0.4, 0.5) is 4.39 Å². The highest BCUT2D eigenvalue weighted by atomic mass is 35.5. The summed E-state index contributed by atoms with van der Waals surface area (Å²) in [4.78, 5) is 0. The van der Waals surface area contributed by atoms with Gasteiger partial charge in [0.05, 0.1) is 9.23 Å². The van der Waals surface area contributed by atoms with Crippen LogP contribution in [-0.4, -0.2) is 5.25 Å². The maximum absolute atomic E-state index is 13.1. The molecule has 2 atom stereocenters. The Morgan fingerprint density at radius 2 is 2.25 bits per heavy atom. The minimum Gasteiger partial charge on any atom is -0.306 e. The molecule has 3 rings (SSSR count). The van der Waals surface area contributed by atoms with Crippen LogP contribution in [0.3, 0.4) is 0 Å². The van der Waals surface area contributed by atoms with Crippen molar-refractivity contribution in [3.8, 4) is 0 Å². The van der Waals surface area contributed by atoms with Crippen molar-refractivity contribution >= 4 is 34.7 Å². The third-order valence-corrected chi connectivity index (χ3v) is 6.08. The van der Waals surface area contributed by atoms with Gasteiger partial charge < -0.3 is 5.32 Å². The van der Waals surface area contributed by atoms with E-state index in [-0.39, 0.29) is 10.8 Å². The van der Waals surface area contributed by atoms with Crippen molar-refractivity contribution in [3.63, 3.8) is 0 Å². The van der Waals surface area contributed by atoms with Crippen LogP contribution in [0, 0.1) is 5.82 Å². The molecular formula is C15H15ClFNS2. The van der Waals surface area contributed by atoms with Gasteiger partial charge in [0.1, 0.15) is 5.82 Å². The summed E-state index contributed by atoms with van der Waals surface area (Å²) in [6, 6.07) is 7.47. The van der Waals surface area contributed by atoms with Crippen LogP contribution < -0.4 is 5.32 Å². The number of benzene rings is 1. The zero-order chi connectivity index (χ0) is 14.1. The number of hydrogen-bond acceptors (Lipinski definition) is 3. The predicted molar refractivity (Wildman–Crippen MR) is 85.2 cm³/mol. The lowest BCUT2D eigenvalue weighted by molar-refractivity contribution is 0.488. The van der Waals surface area contributed by atoms with E-state index in [2.05, 4.69) is 23.7 Å². The lowest BCUT2D eigenvalue weighted by atomic mass is 10.0. The Kier molecular flexibility index (Phi) is 4.36. The molecule has 1 aliphatic heterocycles. The molecule has 106 valence electrons. The molecular weight excluding hydrogens is 313 g/mol. The van der Waals surface area contributed by atoms with E-state index < -0.39 is 0 Å². The summed E-state index contributed by atoms with van der Waals surface area (Å²) in [6.07, 6.45) is 1.11. The van der Waals surface area contributed by atoms with Gasteiger partial charge in [0.25, 0.3) is 0 Å². The Balaban J connectivity index is 1.71. The molecule has 2 heterocycles. The number of fused-ring (bicyclic) bond motifs is 1. The van der Waals surface area contributed by atoms with Gasteiger partial charge in [-0.2, -0.15) is 0 Å². The van der Waals surface area contributed by atoms with Gasteiger partial charge in [-0.1, -0.05) is 24.6 Å². The molecule has 0 spiro atoms. The Bertz CT molecular complexity index is 614. The molecule has 0 aliphatic carbocycles. The minimum absolute atomic E-state index is 0.188. The van der Waals surface area contributed by atoms with E-state index in [1.54, 1.807) is 12.1 Å². The van der Waals surface area contributed by atoms with Crippen LogP contribution in [0.15, 0.2) is 33.9 Å². The molecule has 0 saturated carbocycles. The zero-order valence-electron chi connectivity index (χ0n) is 11.0. The third kappa shape index (κ3) is 3.03. The molecule has 0 amide bonds. The smallest absolute Gasteiger partial charge is 0.141 e. The summed E-state index contributed by atoms with van der Waals surface area (Å²) in [5.74, 6) is -0.363. The molecule has 1 nitrogen and oxygen atoms in total. The molecule has 2 aromatic rings. The monoisotopic (exact) mass is 327 g/mol. The van der Waals surface area contributed by atoms with E-state index >= 15 is 0 Å². The average molecular weight is 328 g/mol. The van der Waals surface area contributed by atoms with Crippen LogP contribution in [-0.2, 0) is 6.54 Å². The van der Waals surface area contributed by atoms with Crippen molar-refractivity contribution < 1.29 is 4.39 Å². The van der Waals surface area contributed by atoms with Gasteiger partial charge in [0, 0.05) is 17.8 Å². The van der Waals surface area contributed by atoms with Crippen molar-refractivity contribution in [1.29, 1.82) is 0 Å². The van der Waals surface area contributed by atoms with Crippen molar-refractivity contribution in [3.05, 3.63) is 51.6 Å². The summed E-state index contributed by atoms with van der Waals surface area (Å²) >= 11 is 9.59. The second kappa shape index (κ2) is 6.06. The Morgan fingerprint density at radius 1 is 1.40 bits per heavy atom. The summed E-state index contributed by atoms with van der Waals surface area (Å²) < 4.78 is 14.6. The zero-order valence-corrected chi connectivity index (χ0v) is 13.4. The summed E-state index contributed by atoms with van der Waals surface area (Å²) in [5, 5.41) is 6.53. The number of nitrogens with one attached hydrogen (secondary N) is 1. The summed E-state index contributed by atoms with van der Waals surface area (Å²) in [6.45, 7) is 2.97. The largest absolute Gasteiger partial charge is 0.306 e. The van der Waals surface area contributed by atoms with Gasteiger partial charge >= 0.3 is 0 Å². The standard InChI is InChI=1S/C15H15ClFNS2/c1-9-6-14(11-4-5-19-15(11)20-9)18-8-10-2-3-13(17)12(16)7-10/h2-5,7,9,14,18H,6,8H2,1H3/t9-,14?/m0/s1. The van der Waals surface area contributed by atoms with Crippen molar-refractivity contribution in [2.75, 3.05) is 0 Å². The number of thiophene rings is 1. The number of thioether (sulfide) groups is 1. The topological polar surface area (TPSA) is 12.0 Å². The van der Waals surface area contributed by atoms with Crippen LogP contribution in [0.25, 0.3) is 0 Å². The molecule has 1 aromatic heterocycles. The Labute approximate surface area is 131 Å². The maximum atomic E-state index is 13.1. The molecule has 0 fully saturated rings. The van der Waals surface area contributed by atoms with Gasteiger partial charge in [-0.25, -0.2) is 4.39 Å². The Morgan fingerprint density at radius 3 is 3.05 bits per heavy atom. The highest BCUT2D eigenvalue weighted by Gasteiger charge is 2.25. The van der Waals surface area contributed by atoms with Crippen LogP contribution in [0.2, 0.25) is 5.02 Å². The van der Waals surface area contributed by atoms with Crippen molar-refractivity contribution in [2.45, 2.75) is 35.4 Å². The first kappa shape index (κ1) is 14.4. The summed E-state index contributed by atoms with van der Waals surface area (Å²) in [7, 11) is 0. The van der Waals surface area contributed by atoms with Crippen LogP contribution in [0.5, 0.6) is 0 Å². The van der Waals surface area contributed by atoms with Crippen LogP contribution >= 0.6 is 34.7 Å². The highest BCUT2D eigenvalue weighted by Crippen LogP contribution is 2.43. The van der Waals surface area contributed by atoms with E-state index in [0.29, 0.717) is 17.8 Å². The van der Waals surface area contributed by atoms with E-state index in [1.807, 2.05) is 23.1 Å². The SMILES string of the molecule is C[C@H]1CC(NCc2ccc(F)c(Cl)c2)c2ccsc2S1. The fraction of sp³-hybridized carbons (Fsp3) is 0.333. The quantitative estimate of drug-likeness (QED) is 0.825. The molecule has 1 unspecified atom stereocenters. The molecule has 0 bridgehead atoms. The molecule has 0 saturated heterocycles. The highest BCUT2D eigenvalue weighted by molar-refractivity contribution is 8.01. The van der Waals surface area contributed by atoms with E-state index in [4.69, 9.17) is 11.6 Å². The Hall–Kier alpha value is -0.550. The van der Waals surface area contributed by atoms with Crippen molar-refractivity contribution in [1.82, 2.24) is 5.32 Å². The first-order chi connectivity index (χ1) is 9.63. The minimum atomic E-state index is -0.363. The van der Waals surface area contributed by atoms with Gasteiger partial charge in [-0.3, -0.25) is 0 Å². The van der Waals surface area contributed by atoms with E-state index in [1.165, 1.54) is 15.8 Å². The normalized spacial score (nSPS) is 21.8. The van der Waals surface area contributed by atoms with Gasteiger partial charge in [0.15, 0.2) is 0 Å².